The van der Waals surface area contributed by atoms with Gasteiger partial charge in [-0.15, -0.1) is 11.1 Å². The molecule has 132 valence electrons. The lowest BCUT2D eigenvalue weighted by atomic mass is 10.1. The Bertz CT molecular complexity index is 729. The van der Waals surface area contributed by atoms with Crippen LogP contribution >= 0.6 is 0 Å². The number of amidine groups is 1. The van der Waals surface area contributed by atoms with Crippen molar-refractivity contribution in [3.05, 3.63) is 23.9 Å². The van der Waals surface area contributed by atoms with Crippen LogP contribution in [0.5, 0.6) is 0 Å². The van der Waals surface area contributed by atoms with Crippen LogP contribution in [0.2, 0.25) is 0 Å². The Balaban J connectivity index is 2.27. The number of allylic oxidation sites excluding steroid dienone is 1. The minimum absolute atomic E-state index is 0.0274. The standard InChI is InChI=1S/C17H21N5O3/c1-5-13-15(16(18)24)17(19-3)22(20-13)9-11-7-12(10-25-4)21(8-11)14(23)6-2/h1,6,9,11-12H,2,7-8,10H2,3-4H3,(H2-,18,19,20,24)/p+1/b22-9-/t11?,12-/m1/s1. The van der Waals surface area contributed by atoms with Gasteiger partial charge in [-0.2, -0.15) is 0 Å². The Morgan fingerprint density at radius 1 is 1.64 bits per heavy atom. The van der Waals surface area contributed by atoms with Crippen molar-refractivity contribution in [2.75, 3.05) is 27.3 Å². The first-order valence-corrected chi connectivity index (χ1v) is 7.77. The predicted octanol–water partition coefficient (Wildman–Crippen LogP) is -0.962. The molecule has 0 saturated carbocycles. The molecule has 1 saturated heterocycles. The van der Waals surface area contributed by atoms with E-state index in [0.29, 0.717) is 25.4 Å². The molecule has 25 heavy (non-hydrogen) atoms. The number of rotatable bonds is 5. The zero-order valence-corrected chi connectivity index (χ0v) is 14.4. The van der Waals surface area contributed by atoms with Gasteiger partial charge in [0.05, 0.1) is 12.6 Å². The molecule has 0 bridgehead atoms. The highest BCUT2D eigenvalue weighted by atomic mass is 16.5. The van der Waals surface area contributed by atoms with Crippen LogP contribution in [-0.2, 0) is 14.3 Å². The average Bonchev–Trinajstić information content (AvgIpc) is 3.15. The van der Waals surface area contributed by atoms with E-state index < -0.39 is 5.91 Å². The van der Waals surface area contributed by atoms with Crippen molar-refractivity contribution in [3.63, 3.8) is 0 Å². The fraction of sp³-hybridized carbons (Fsp3) is 0.412. The van der Waals surface area contributed by atoms with Gasteiger partial charge in [0.25, 0.3) is 5.91 Å². The molecule has 0 aromatic heterocycles. The Hall–Kier alpha value is -2.92. The van der Waals surface area contributed by atoms with E-state index in [9.17, 15) is 9.59 Å². The van der Waals surface area contributed by atoms with Crippen LogP contribution in [-0.4, -0.2) is 66.8 Å². The van der Waals surface area contributed by atoms with Gasteiger partial charge in [-0.25, -0.2) is 5.43 Å². The molecule has 0 aromatic rings. The van der Waals surface area contributed by atoms with Crippen LogP contribution in [0.25, 0.3) is 0 Å². The number of hydrazine groups is 1. The lowest BCUT2D eigenvalue weighted by Gasteiger charge is -2.22. The fourth-order valence-electron chi connectivity index (χ4n) is 3.14. The molecule has 1 unspecified atom stereocenters. The van der Waals surface area contributed by atoms with E-state index in [1.54, 1.807) is 23.7 Å². The zero-order chi connectivity index (χ0) is 18.6. The molecule has 1 fully saturated rings. The molecule has 0 aromatic carbocycles. The summed E-state index contributed by atoms with van der Waals surface area (Å²) in [7, 11) is 3.15. The summed E-state index contributed by atoms with van der Waals surface area (Å²) < 4.78 is 6.79. The molecular weight excluding hydrogens is 322 g/mol. The quantitative estimate of drug-likeness (QED) is 0.381. The second-order valence-electron chi connectivity index (χ2n) is 5.74. The van der Waals surface area contributed by atoms with E-state index in [-0.39, 0.29) is 29.1 Å². The third-order valence-corrected chi connectivity index (χ3v) is 4.16. The Morgan fingerprint density at radius 3 is 2.88 bits per heavy atom. The monoisotopic (exact) mass is 344 g/mol. The van der Waals surface area contributed by atoms with Crippen LogP contribution < -0.4 is 11.2 Å². The van der Waals surface area contributed by atoms with Gasteiger partial charge in [0, 0.05) is 19.6 Å². The summed E-state index contributed by atoms with van der Waals surface area (Å²) in [5.41, 5.74) is 8.79. The van der Waals surface area contributed by atoms with Gasteiger partial charge in [0.2, 0.25) is 5.91 Å². The van der Waals surface area contributed by atoms with E-state index in [4.69, 9.17) is 16.9 Å². The van der Waals surface area contributed by atoms with Gasteiger partial charge in [0.15, 0.2) is 5.57 Å². The molecule has 2 heterocycles. The largest absolute Gasteiger partial charge is 0.383 e. The summed E-state index contributed by atoms with van der Waals surface area (Å²) in [6, 6.07) is -0.0444. The number of likely N-dealkylation sites (tertiary alicyclic amines) is 1. The molecule has 8 nitrogen and oxygen atoms in total. The predicted molar refractivity (Wildman–Crippen MR) is 93.6 cm³/mol. The van der Waals surface area contributed by atoms with E-state index in [1.165, 1.54) is 6.08 Å². The number of methoxy groups -OCH3 is 1. The fourth-order valence-corrected chi connectivity index (χ4v) is 3.14. The highest BCUT2D eigenvalue weighted by Crippen LogP contribution is 2.23. The summed E-state index contributed by atoms with van der Waals surface area (Å²) in [6.07, 6.45) is 9.29. The van der Waals surface area contributed by atoms with Crippen molar-refractivity contribution in [1.82, 2.24) is 10.3 Å². The number of carbonyl (C=O) groups is 2. The number of primary amides is 1. The molecule has 2 aliphatic rings. The molecule has 3 N–H and O–H groups in total. The van der Waals surface area contributed by atoms with E-state index in [0.717, 1.165) is 0 Å². The minimum Gasteiger partial charge on any atom is -0.383 e. The molecule has 0 radical (unpaired) electrons. The molecule has 2 aliphatic heterocycles. The first-order valence-electron chi connectivity index (χ1n) is 7.77. The number of hydrogen-bond donors (Lipinski definition) is 2. The van der Waals surface area contributed by atoms with Gasteiger partial charge in [-0.05, 0) is 18.4 Å². The van der Waals surface area contributed by atoms with Crippen LogP contribution in [0.3, 0.4) is 0 Å². The van der Waals surface area contributed by atoms with Crippen LogP contribution in [0.4, 0.5) is 0 Å². The number of ether oxygens (including phenoxy) is 1. The number of amides is 2. The van der Waals surface area contributed by atoms with Gasteiger partial charge in [0.1, 0.15) is 19.0 Å². The summed E-state index contributed by atoms with van der Waals surface area (Å²) in [5, 5.41) is 0. The molecule has 2 rings (SSSR count). The summed E-state index contributed by atoms with van der Waals surface area (Å²) in [5.74, 6) is 2.00. The molecule has 2 atom stereocenters. The highest BCUT2D eigenvalue weighted by Gasteiger charge is 2.39. The number of hydrazone groups is 1. The second kappa shape index (κ2) is 7.77. The SMILES string of the molecule is C#CC1=C(C(N)=O)C(=NC)/[N+](=C/C2C[C@H](COC)N(C(=O)C=C)C2)N1. The maximum absolute atomic E-state index is 12.0. The van der Waals surface area contributed by atoms with Crippen molar-refractivity contribution in [3.8, 4) is 12.3 Å². The Labute approximate surface area is 146 Å². The van der Waals surface area contributed by atoms with Crippen LogP contribution in [0.1, 0.15) is 6.42 Å². The third-order valence-electron chi connectivity index (χ3n) is 4.16. The molecule has 0 aliphatic carbocycles. The summed E-state index contributed by atoms with van der Waals surface area (Å²) >= 11 is 0. The van der Waals surface area contributed by atoms with E-state index in [1.807, 2.05) is 6.21 Å². The van der Waals surface area contributed by atoms with Crippen LogP contribution in [0, 0.1) is 18.3 Å². The number of nitrogens with two attached hydrogens (primary N) is 1. The van der Waals surface area contributed by atoms with Crippen LogP contribution in [0.15, 0.2) is 28.9 Å². The van der Waals surface area contributed by atoms with Crippen molar-refractivity contribution in [2.45, 2.75) is 12.5 Å². The summed E-state index contributed by atoms with van der Waals surface area (Å²) in [6.45, 7) is 4.48. The number of nitrogens with zero attached hydrogens (tertiary/aromatic N) is 3. The molecule has 8 heteroatoms. The van der Waals surface area contributed by atoms with Crippen molar-refractivity contribution < 1.29 is 19.0 Å². The molecule has 0 spiro atoms. The minimum atomic E-state index is -0.649. The lowest BCUT2D eigenvalue weighted by Crippen LogP contribution is -2.37. The first kappa shape index (κ1) is 18.4. The lowest BCUT2D eigenvalue weighted by molar-refractivity contribution is -0.456. The van der Waals surface area contributed by atoms with E-state index in [2.05, 4.69) is 22.9 Å². The third kappa shape index (κ3) is 3.61. The highest BCUT2D eigenvalue weighted by molar-refractivity contribution is 6.19. The maximum atomic E-state index is 12.0. The second-order valence-corrected chi connectivity index (χ2v) is 5.74. The van der Waals surface area contributed by atoms with Gasteiger partial charge in [-0.1, -0.05) is 11.6 Å². The Kier molecular flexibility index (Phi) is 5.72. The number of terminal acetylenes is 1. The normalized spacial score (nSPS) is 26.0. The molecular formula is C17H22N5O3+. The van der Waals surface area contributed by atoms with Gasteiger partial charge < -0.3 is 15.4 Å². The van der Waals surface area contributed by atoms with Crippen molar-refractivity contribution >= 4 is 23.9 Å². The van der Waals surface area contributed by atoms with Crippen molar-refractivity contribution in [2.24, 2.45) is 16.6 Å². The van der Waals surface area contributed by atoms with Gasteiger partial charge in [-0.3, -0.25) is 9.59 Å². The Morgan fingerprint density at radius 2 is 2.36 bits per heavy atom. The number of nitrogens with one attached hydrogen (secondary N) is 1. The van der Waals surface area contributed by atoms with Crippen molar-refractivity contribution in [1.29, 1.82) is 0 Å². The van der Waals surface area contributed by atoms with E-state index >= 15 is 0 Å². The summed E-state index contributed by atoms with van der Waals surface area (Å²) in [4.78, 5) is 29.5. The number of aliphatic imine (C=N–C) groups is 1. The first-order chi connectivity index (χ1) is 12.0. The smallest absolute Gasteiger partial charge is 0.356 e. The van der Waals surface area contributed by atoms with Gasteiger partial charge >= 0.3 is 5.84 Å². The zero-order valence-electron chi connectivity index (χ0n) is 14.4. The number of hydrogen-bond acceptors (Lipinski definition) is 5. The molecule has 2 amide bonds. The number of carbonyl (C=O) groups excluding carboxylic acids is 2. The maximum Gasteiger partial charge on any atom is 0.356 e. The topological polar surface area (TPSA) is 100 Å². The average molecular weight is 344 g/mol.